The van der Waals surface area contributed by atoms with Gasteiger partial charge in [0.05, 0.1) is 12.6 Å². The summed E-state index contributed by atoms with van der Waals surface area (Å²) < 4.78 is 18.9. The third-order valence-electron chi connectivity index (χ3n) is 4.55. The lowest BCUT2D eigenvalue weighted by Gasteiger charge is -2.42. The first-order chi connectivity index (χ1) is 14.2. The number of anilines is 1. The summed E-state index contributed by atoms with van der Waals surface area (Å²) in [6.45, 7) is 7.64. The molecule has 1 atom stereocenters. The van der Waals surface area contributed by atoms with E-state index in [2.05, 4.69) is 10.6 Å². The molecule has 2 aromatic rings. The predicted molar refractivity (Wildman–Crippen MR) is 112 cm³/mol. The van der Waals surface area contributed by atoms with Crippen molar-refractivity contribution in [2.45, 2.75) is 52.7 Å². The van der Waals surface area contributed by atoms with Crippen LogP contribution < -0.4 is 15.4 Å². The molecule has 2 aromatic carbocycles. The summed E-state index contributed by atoms with van der Waals surface area (Å²) in [5.74, 6) is 0.382. The van der Waals surface area contributed by atoms with Gasteiger partial charge in [0, 0.05) is 11.7 Å². The number of rotatable bonds is 7. The summed E-state index contributed by atoms with van der Waals surface area (Å²) in [5, 5.41) is 6.01. The highest BCUT2D eigenvalue weighted by molar-refractivity contribution is 5.96. The quantitative estimate of drug-likeness (QED) is 0.706. The van der Waals surface area contributed by atoms with E-state index in [-0.39, 0.29) is 24.5 Å². The summed E-state index contributed by atoms with van der Waals surface area (Å²) in [4.78, 5) is 28.3. The van der Waals surface area contributed by atoms with Crippen molar-refractivity contribution < 1.29 is 18.7 Å². The fourth-order valence-electron chi connectivity index (χ4n) is 3.17. The first-order valence-corrected chi connectivity index (χ1v) is 9.92. The molecule has 160 valence electrons. The van der Waals surface area contributed by atoms with Gasteiger partial charge in [0.25, 0.3) is 0 Å². The molecule has 0 spiro atoms. The molecule has 8 heteroatoms. The molecular weight excluding hydrogens is 387 g/mol. The van der Waals surface area contributed by atoms with E-state index in [9.17, 15) is 14.0 Å². The van der Waals surface area contributed by atoms with Crippen molar-refractivity contribution in [1.29, 1.82) is 0 Å². The number of hydrogen-bond donors (Lipinski definition) is 2. The van der Waals surface area contributed by atoms with Crippen molar-refractivity contribution in [1.82, 2.24) is 15.1 Å². The van der Waals surface area contributed by atoms with E-state index in [1.807, 2.05) is 38.1 Å². The number of benzene rings is 2. The molecule has 4 amide bonds. The number of imide groups is 1. The Balaban J connectivity index is 1.82. The van der Waals surface area contributed by atoms with E-state index < -0.39 is 18.4 Å². The molecule has 0 aliphatic carbocycles. The van der Waals surface area contributed by atoms with Crippen LogP contribution in [0.4, 0.5) is 19.7 Å². The van der Waals surface area contributed by atoms with Crippen LogP contribution in [0.15, 0.2) is 48.5 Å². The molecule has 0 aromatic heterocycles. The Morgan fingerprint density at radius 3 is 2.23 bits per heavy atom. The summed E-state index contributed by atoms with van der Waals surface area (Å²) in [5.41, 5.74) is 1.46. The SMILES string of the molecule is CC(C)Oc1ccc(NC2NC(=O)N(C(C)C)C(=O)N2Cc2ccc(F)cc2)cc1. The van der Waals surface area contributed by atoms with Crippen molar-refractivity contribution in [2.24, 2.45) is 0 Å². The minimum absolute atomic E-state index is 0.0623. The Morgan fingerprint density at radius 1 is 1.03 bits per heavy atom. The van der Waals surface area contributed by atoms with Crippen molar-refractivity contribution in [2.75, 3.05) is 5.32 Å². The summed E-state index contributed by atoms with van der Waals surface area (Å²) in [7, 11) is 0. The van der Waals surface area contributed by atoms with Gasteiger partial charge in [-0.1, -0.05) is 12.1 Å². The van der Waals surface area contributed by atoms with Crippen LogP contribution in [0.1, 0.15) is 33.3 Å². The number of urea groups is 2. The molecule has 30 heavy (non-hydrogen) atoms. The zero-order chi connectivity index (χ0) is 21.8. The standard InChI is InChI=1S/C22H27FN4O3/c1-14(2)27-21(28)25-20(24-18-9-11-19(12-10-18)30-15(3)4)26(22(27)29)13-16-5-7-17(23)8-6-16/h5-12,14-15,20,24H,13H2,1-4H3,(H,25,28). The van der Waals surface area contributed by atoms with Gasteiger partial charge < -0.3 is 10.1 Å². The molecule has 0 saturated carbocycles. The highest BCUT2D eigenvalue weighted by Gasteiger charge is 2.39. The minimum Gasteiger partial charge on any atom is -0.491 e. The molecular formula is C22H27FN4O3. The van der Waals surface area contributed by atoms with Crippen LogP contribution >= 0.6 is 0 Å². The van der Waals surface area contributed by atoms with Crippen LogP contribution in [-0.2, 0) is 6.54 Å². The van der Waals surface area contributed by atoms with Gasteiger partial charge in [-0.3, -0.25) is 10.2 Å². The molecule has 0 bridgehead atoms. The van der Waals surface area contributed by atoms with Crippen LogP contribution in [-0.4, -0.2) is 40.3 Å². The fourth-order valence-corrected chi connectivity index (χ4v) is 3.17. The molecule has 1 saturated heterocycles. The molecule has 1 aliphatic heterocycles. The molecule has 1 heterocycles. The molecule has 3 rings (SSSR count). The number of nitrogens with one attached hydrogen (secondary N) is 2. The van der Waals surface area contributed by atoms with Crippen molar-refractivity contribution >= 4 is 17.7 Å². The van der Waals surface area contributed by atoms with Crippen LogP contribution in [0.25, 0.3) is 0 Å². The average molecular weight is 414 g/mol. The zero-order valence-electron chi connectivity index (χ0n) is 17.6. The largest absolute Gasteiger partial charge is 0.491 e. The van der Waals surface area contributed by atoms with Crippen molar-refractivity contribution in [3.05, 3.63) is 59.9 Å². The number of carbonyl (C=O) groups is 2. The molecule has 1 aliphatic rings. The van der Waals surface area contributed by atoms with Gasteiger partial charge >= 0.3 is 12.1 Å². The van der Waals surface area contributed by atoms with E-state index in [0.29, 0.717) is 5.69 Å². The Kier molecular flexibility index (Phi) is 6.44. The van der Waals surface area contributed by atoms with Crippen molar-refractivity contribution in [3.8, 4) is 5.75 Å². The highest BCUT2D eigenvalue weighted by atomic mass is 19.1. The van der Waals surface area contributed by atoms with Gasteiger partial charge in [-0.2, -0.15) is 0 Å². The third-order valence-corrected chi connectivity index (χ3v) is 4.55. The predicted octanol–water partition coefficient (Wildman–Crippen LogP) is 4.36. The Morgan fingerprint density at radius 2 is 1.67 bits per heavy atom. The summed E-state index contributed by atoms with van der Waals surface area (Å²) in [6, 6.07) is 12.0. The van der Waals surface area contributed by atoms with E-state index in [0.717, 1.165) is 11.3 Å². The second kappa shape index (κ2) is 9.02. The molecule has 0 radical (unpaired) electrons. The highest BCUT2D eigenvalue weighted by Crippen LogP contribution is 2.22. The number of nitrogens with zero attached hydrogens (tertiary/aromatic N) is 2. The second-order valence-electron chi connectivity index (χ2n) is 7.69. The number of ether oxygens (including phenoxy) is 1. The first kappa shape index (κ1) is 21.4. The Hall–Kier alpha value is -3.29. The third kappa shape index (κ3) is 5.00. The smallest absolute Gasteiger partial charge is 0.331 e. The lowest BCUT2D eigenvalue weighted by Crippen LogP contribution is -2.68. The molecule has 1 fully saturated rings. The molecule has 2 N–H and O–H groups in total. The van der Waals surface area contributed by atoms with E-state index in [1.54, 1.807) is 26.0 Å². The van der Waals surface area contributed by atoms with Gasteiger partial charge in [-0.15, -0.1) is 0 Å². The number of carbonyl (C=O) groups excluding carboxylic acids is 2. The zero-order valence-corrected chi connectivity index (χ0v) is 17.6. The maximum absolute atomic E-state index is 13.3. The van der Waals surface area contributed by atoms with E-state index in [4.69, 9.17) is 4.74 Å². The first-order valence-electron chi connectivity index (χ1n) is 9.92. The molecule has 1 unspecified atom stereocenters. The normalized spacial score (nSPS) is 16.8. The lowest BCUT2D eigenvalue weighted by atomic mass is 10.2. The van der Waals surface area contributed by atoms with Gasteiger partial charge in [0.2, 0.25) is 0 Å². The maximum Gasteiger partial charge on any atom is 0.331 e. The van der Waals surface area contributed by atoms with E-state index in [1.165, 1.54) is 21.9 Å². The van der Waals surface area contributed by atoms with Gasteiger partial charge in [-0.05, 0) is 69.7 Å². The van der Waals surface area contributed by atoms with Crippen LogP contribution in [0.5, 0.6) is 5.75 Å². The number of hydrogen-bond acceptors (Lipinski definition) is 4. The van der Waals surface area contributed by atoms with Crippen molar-refractivity contribution in [3.63, 3.8) is 0 Å². The van der Waals surface area contributed by atoms with Crippen LogP contribution in [0.3, 0.4) is 0 Å². The Bertz CT molecular complexity index is 884. The monoisotopic (exact) mass is 414 g/mol. The summed E-state index contributed by atoms with van der Waals surface area (Å²) in [6.07, 6.45) is -0.700. The average Bonchev–Trinajstić information content (AvgIpc) is 2.67. The van der Waals surface area contributed by atoms with E-state index >= 15 is 0 Å². The number of amides is 4. The molecule has 7 nitrogen and oxygen atoms in total. The lowest BCUT2D eigenvalue weighted by molar-refractivity contribution is 0.0975. The maximum atomic E-state index is 13.3. The second-order valence-corrected chi connectivity index (χ2v) is 7.69. The fraction of sp³-hybridized carbons (Fsp3) is 0.364. The van der Waals surface area contributed by atoms with Gasteiger partial charge in [0.15, 0.2) is 6.29 Å². The topological polar surface area (TPSA) is 73.9 Å². The van der Waals surface area contributed by atoms with Gasteiger partial charge in [0.1, 0.15) is 11.6 Å². The van der Waals surface area contributed by atoms with Crippen LogP contribution in [0, 0.1) is 5.82 Å². The Labute approximate surface area is 175 Å². The van der Waals surface area contributed by atoms with Crippen LogP contribution in [0.2, 0.25) is 0 Å². The number of halogens is 1. The minimum atomic E-state index is -0.762. The summed E-state index contributed by atoms with van der Waals surface area (Å²) >= 11 is 0. The van der Waals surface area contributed by atoms with Gasteiger partial charge in [-0.25, -0.2) is 18.9 Å².